The normalized spacial score (nSPS) is 17.7. The molecule has 2 aromatic carbocycles. The number of hydrogen-bond acceptors (Lipinski definition) is 4. The Kier molecular flexibility index (Phi) is 5.79. The monoisotopic (exact) mass is 431 g/mol. The molecule has 0 unspecified atom stereocenters. The van der Waals surface area contributed by atoms with Crippen LogP contribution in [0.2, 0.25) is 0 Å². The molecule has 0 saturated carbocycles. The van der Waals surface area contributed by atoms with Crippen LogP contribution in [0.1, 0.15) is 24.0 Å². The van der Waals surface area contributed by atoms with Gasteiger partial charge in [-0.3, -0.25) is 9.80 Å². The van der Waals surface area contributed by atoms with Gasteiger partial charge in [0.05, 0.1) is 4.90 Å². The standard InChI is InChI=1S/C22H26FN3O3S/c1-30(28,29)21-5-3-2-4-17(21)15-25-11-9-19(10-12-25)24-22(27)26-13-8-16-14-18(23)6-7-20(16)26/h2-7,14,19H,8-13,15H2,1H3,(H,24,27). The summed E-state index contributed by atoms with van der Waals surface area (Å²) in [6.07, 6.45) is 3.50. The Bertz CT molecular complexity index is 1050. The molecule has 0 atom stereocenters. The van der Waals surface area contributed by atoms with Gasteiger partial charge in [-0.1, -0.05) is 18.2 Å². The van der Waals surface area contributed by atoms with Crippen LogP contribution in [0.25, 0.3) is 0 Å². The summed E-state index contributed by atoms with van der Waals surface area (Å²) in [5, 5.41) is 3.11. The quantitative estimate of drug-likeness (QED) is 0.808. The molecular weight excluding hydrogens is 405 g/mol. The van der Waals surface area contributed by atoms with Crippen molar-refractivity contribution in [2.75, 3.05) is 30.8 Å². The molecule has 2 aliphatic heterocycles. The number of piperidine rings is 1. The Labute approximate surface area is 176 Å². The second-order valence-corrected chi connectivity index (χ2v) is 10.0. The number of carbonyl (C=O) groups excluding carboxylic acids is 1. The number of carbonyl (C=O) groups is 1. The average molecular weight is 432 g/mol. The molecule has 8 heteroatoms. The van der Waals surface area contributed by atoms with Gasteiger partial charge in [0, 0.05) is 44.2 Å². The lowest BCUT2D eigenvalue weighted by Crippen LogP contribution is -2.49. The predicted molar refractivity (Wildman–Crippen MR) is 114 cm³/mol. The van der Waals surface area contributed by atoms with E-state index < -0.39 is 9.84 Å². The number of nitrogens with zero attached hydrogens (tertiary/aromatic N) is 2. The summed E-state index contributed by atoms with van der Waals surface area (Å²) in [6.45, 7) is 2.70. The highest BCUT2D eigenvalue weighted by Gasteiger charge is 2.28. The molecule has 1 fully saturated rings. The second-order valence-electron chi connectivity index (χ2n) is 8.05. The Morgan fingerprint density at radius 3 is 2.60 bits per heavy atom. The summed E-state index contributed by atoms with van der Waals surface area (Å²) < 4.78 is 37.4. The fourth-order valence-electron chi connectivity index (χ4n) is 4.31. The Morgan fingerprint density at radius 1 is 1.13 bits per heavy atom. The minimum Gasteiger partial charge on any atom is -0.335 e. The molecule has 4 rings (SSSR count). The van der Waals surface area contributed by atoms with E-state index in [-0.39, 0.29) is 17.9 Å². The van der Waals surface area contributed by atoms with Gasteiger partial charge >= 0.3 is 6.03 Å². The molecular formula is C22H26FN3O3S. The maximum Gasteiger partial charge on any atom is 0.322 e. The fourth-order valence-corrected chi connectivity index (χ4v) is 5.24. The van der Waals surface area contributed by atoms with E-state index in [0.29, 0.717) is 24.4 Å². The molecule has 0 aliphatic carbocycles. The molecule has 30 heavy (non-hydrogen) atoms. The molecule has 2 amide bonds. The summed E-state index contributed by atoms with van der Waals surface area (Å²) in [5.41, 5.74) is 2.46. The van der Waals surface area contributed by atoms with E-state index >= 15 is 0 Å². The van der Waals surface area contributed by atoms with Crippen molar-refractivity contribution >= 4 is 21.6 Å². The van der Waals surface area contributed by atoms with Crippen molar-refractivity contribution in [2.45, 2.75) is 36.7 Å². The van der Waals surface area contributed by atoms with Gasteiger partial charge in [0.15, 0.2) is 9.84 Å². The number of likely N-dealkylation sites (tertiary alicyclic amines) is 1. The van der Waals surface area contributed by atoms with Crippen LogP contribution in [0.4, 0.5) is 14.9 Å². The highest BCUT2D eigenvalue weighted by molar-refractivity contribution is 7.90. The molecule has 0 aromatic heterocycles. The van der Waals surface area contributed by atoms with E-state index in [2.05, 4.69) is 10.2 Å². The molecule has 1 saturated heterocycles. The van der Waals surface area contributed by atoms with Crippen LogP contribution < -0.4 is 10.2 Å². The first-order chi connectivity index (χ1) is 14.3. The van der Waals surface area contributed by atoms with Crippen molar-refractivity contribution in [3.63, 3.8) is 0 Å². The van der Waals surface area contributed by atoms with Gasteiger partial charge in [0.1, 0.15) is 5.82 Å². The number of fused-ring (bicyclic) bond motifs is 1. The van der Waals surface area contributed by atoms with Gasteiger partial charge in [-0.25, -0.2) is 17.6 Å². The van der Waals surface area contributed by atoms with Crippen LogP contribution in [-0.2, 0) is 22.8 Å². The molecule has 0 spiro atoms. The lowest BCUT2D eigenvalue weighted by atomic mass is 10.0. The van der Waals surface area contributed by atoms with E-state index in [1.807, 2.05) is 12.1 Å². The first kappa shape index (κ1) is 20.8. The van der Waals surface area contributed by atoms with Crippen LogP contribution in [0.15, 0.2) is 47.4 Å². The van der Waals surface area contributed by atoms with Crippen molar-refractivity contribution in [3.8, 4) is 0 Å². The largest absolute Gasteiger partial charge is 0.335 e. The van der Waals surface area contributed by atoms with Gasteiger partial charge in [0.2, 0.25) is 0 Å². The molecule has 6 nitrogen and oxygen atoms in total. The molecule has 2 heterocycles. The predicted octanol–water partition coefficient (Wildman–Crippen LogP) is 2.97. The van der Waals surface area contributed by atoms with E-state index in [1.165, 1.54) is 18.4 Å². The fraction of sp³-hybridized carbons (Fsp3) is 0.409. The zero-order valence-electron chi connectivity index (χ0n) is 17.0. The maximum atomic E-state index is 13.4. The van der Waals surface area contributed by atoms with Crippen LogP contribution >= 0.6 is 0 Å². The van der Waals surface area contributed by atoms with Gasteiger partial charge in [-0.15, -0.1) is 0 Å². The SMILES string of the molecule is CS(=O)(=O)c1ccccc1CN1CCC(NC(=O)N2CCc3cc(F)ccc32)CC1. The van der Waals surface area contributed by atoms with Crippen molar-refractivity contribution in [3.05, 3.63) is 59.4 Å². The zero-order chi connectivity index (χ0) is 21.3. The van der Waals surface area contributed by atoms with E-state index in [4.69, 9.17) is 0 Å². The summed E-state index contributed by atoms with van der Waals surface area (Å²) in [6, 6.07) is 11.6. The lowest BCUT2D eigenvalue weighted by Gasteiger charge is -2.33. The van der Waals surface area contributed by atoms with Crippen molar-refractivity contribution in [1.82, 2.24) is 10.2 Å². The van der Waals surface area contributed by atoms with Crippen LogP contribution in [0, 0.1) is 5.82 Å². The van der Waals surface area contributed by atoms with Gasteiger partial charge in [0.25, 0.3) is 0 Å². The van der Waals surface area contributed by atoms with Crippen LogP contribution in [0.3, 0.4) is 0 Å². The maximum absolute atomic E-state index is 13.4. The van der Waals surface area contributed by atoms with Gasteiger partial charge in [-0.05, 0) is 54.7 Å². The smallest absolute Gasteiger partial charge is 0.322 e. The molecule has 2 aliphatic rings. The summed E-state index contributed by atoms with van der Waals surface area (Å²) in [4.78, 5) is 17.0. The second kappa shape index (κ2) is 8.35. The zero-order valence-corrected chi connectivity index (χ0v) is 17.8. The number of halogens is 1. The van der Waals surface area contributed by atoms with Crippen molar-refractivity contribution < 1.29 is 17.6 Å². The number of hydrogen-bond donors (Lipinski definition) is 1. The molecule has 1 N–H and O–H groups in total. The third-order valence-corrected chi connectivity index (χ3v) is 7.06. The van der Waals surface area contributed by atoms with Crippen LogP contribution in [-0.4, -0.2) is 51.3 Å². The minimum absolute atomic E-state index is 0.0726. The Balaban J connectivity index is 1.33. The first-order valence-corrected chi connectivity index (χ1v) is 12.1. The Hall–Kier alpha value is -2.45. The first-order valence-electron chi connectivity index (χ1n) is 10.2. The number of anilines is 1. The minimum atomic E-state index is -3.26. The molecule has 160 valence electrons. The number of rotatable bonds is 4. The topological polar surface area (TPSA) is 69.7 Å². The van der Waals surface area contributed by atoms with E-state index in [0.717, 1.165) is 42.7 Å². The van der Waals surface area contributed by atoms with Gasteiger partial charge in [-0.2, -0.15) is 0 Å². The lowest BCUT2D eigenvalue weighted by molar-refractivity contribution is 0.187. The van der Waals surface area contributed by atoms with Gasteiger partial charge < -0.3 is 5.32 Å². The number of sulfone groups is 1. The summed E-state index contributed by atoms with van der Waals surface area (Å²) >= 11 is 0. The highest BCUT2D eigenvalue weighted by Crippen LogP contribution is 2.29. The average Bonchev–Trinajstić information content (AvgIpc) is 3.12. The number of nitrogens with one attached hydrogen (secondary N) is 1. The number of urea groups is 1. The third kappa shape index (κ3) is 4.49. The molecule has 0 bridgehead atoms. The molecule has 0 radical (unpaired) electrons. The number of benzene rings is 2. The highest BCUT2D eigenvalue weighted by atomic mass is 32.2. The van der Waals surface area contributed by atoms with Crippen molar-refractivity contribution in [2.24, 2.45) is 0 Å². The van der Waals surface area contributed by atoms with Crippen molar-refractivity contribution in [1.29, 1.82) is 0 Å². The summed E-state index contributed by atoms with van der Waals surface area (Å²) in [5.74, 6) is -0.277. The summed E-state index contributed by atoms with van der Waals surface area (Å²) in [7, 11) is -3.26. The number of amides is 2. The Morgan fingerprint density at radius 2 is 1.87 bits per heavy atom. The third-order valence-electron chi connectivity index (χ3n) is 5.86. The van der Waals surface area contributed by atoms with E-state index in [1.54, 1.807) is 23.1 Å². The van der Waals surface area contributed by atoms with E-state index in [9.17, 15) is 17.6 Å². The van der Waals surface area contributed by atoms with Crippen LogP contribution in [0.5, 0.6) is 0 Å². The molecule has 2 aromatic rings.